The zero-order valence-electron chi connectivity index (χ0n) is 8.41. The molecule has 0 radical (unpaired) electrons. The Hall–Kier alpha value is -1.03. The Labute approximate surface area is 88.3 Å². The van der Waals surface area contributed by atoms with Crippen LogP contribution in [0.3, 0.4) is 0 Å². The average molecular weight is 210 g/mol. The Bertz CT molecular complexity index is 315. The van der Waals surface area contributed by atoms with Crippen molar-refractivity contribution in [1.82, 2.24) is 10.3 Å². The van der Waals surface area contributed by atoms with Crippen LogP contribution in [0.2, 0.25) is 0 Å². The van der Waals surface area contributed by atoms with Crippen LogP contribution in [-0.2, 0) is 10.5 Å². The largest absolute Gasteiger partial charge is 0.358 e. The summed E-state index contributed by atoms with van der Waals surface area (Å²) in [7, 11) is 1.65. The molecular weight excluding hydrogens is 196 g/mol. The summed E-state index contributed by atoms with van der Waals surface area (Å²) in [5.74, 6) is 1.41. The first-order valence-corrected chi connectivity index (χ1v) is 5.56. The number of carbonyl (C=O) groups excluding carboxylic acids is 1. The lowest BCUT2D eigenvalue weighted by Crippen LogP contribution is -2.19. The van der Waals surface area contributed by atoms with Crippen LogP contribution >= 0.6 is 11.8 Å². The van der Waals surface area contributed by atoms with Gasteiger partial charge in [-0.25, -0.2) is 0 Å². The van der Waals surface area contributed by atoms with Crippen molar-refractivity contribution in [2.75, 3.05) is 12.8 Å². The van der Waals surface area contributed by atoms with Gasteiger partial charge in [0.1, 0.15) is 0 Å². The molecule has 0 aromatic carbocycles. The highest BCUT2D eigenvalue weighted by molar-refractivity contribution is 7.99. The number of nitrogens with zero attached hydrogens (tertiary/aromatic N) is 1. The Balaban J connectivity index is 2.35. The minimum absolute atomic E-state index is 0.0654. The summed E-state index contributed by atoms with van der Waals surface area (Å²) in [4.78, 5) is 15.0. The van der Waals surface area contributed by atoms with Gasteiger partial charge in [0, 0.05) is 25.2 Å². The van der Waals surface area contributed by atoms with Crippen molar-refractivity contribution in [3.63, 3.8) is 0 Å². The number of nitrogens with one attached hydrogen (secondary N) is 1. The van der Waals surface area contributed by atoms with E-state index in [9.17, 15) is 4.79 Å². The Morgan fingerprint density at radius 1 is 1.57 bits per heavy atom. The van der Waals surface area contributed by atoms with E-state index in [1.807, 2.05) is 19.3 Å². The Kier molecular flexibility index (Phi) is 4.46. The zero-order chi connectivity index (χ0) is 10.4. The second-order valence-corrected chi connectivity index (χ2v) is 4.02. The van der Waals surface area contributed by atoms with E-state index in [1.165, 1.54) is 5.56 Å². The zero-order valence-corrected chi connectivity index (χ0v) is 9.23. The molecule has 76 valence electrons. The first-order chi connectivity index (χ1) is 6.72. The van der Waals surface area contributed by atoms with Gasteiger partial charge in [-0.15, -0.1) is 11.8 Å². The van der Waals surface area contributed by atoms with Gasteiger partial charge < -0.3 is 5.32 Å². The van der Waals surface area contributed by atoms with Crippen LogP contribution in [0.15, 0.2) is 18.5 Å². The predicted molar refractivity (Wildman–Crippen MR) is 59.2 cm³/mol. The lowest BCUT2D eigenvalue weighted by Gasteiger charge is -2.01. The number of rotatable bonds is 4. The molecule has 0 aliphatic heterocycles. The molecule has 0 bridgehead atoms. The van der Waals surface area contributed by atoms with Gasteiger partial charge >= 0.3 is 0 Å². The van der Waals surface area contributed by atoms with Gasteiger partial charge in [0.2, 0.25) is 5.91 Å². The standard InChI is InChI=1S/C10H14N2OS/c1-8-3-9(5-12-4-8)6-14-7-10(13)11-2/h3-5H,6-7H2,1-2H3,(H,11,13). The van der Waals surface area contributed by atoms with Crippen molar-refractivity contribution in [1.29, 1.82) is 0 Å². The van der Waals surface area contributed by atoms with Crippen LogP contribution in [0.5, 0.6) is 0 Å². The van der Waals surface area contributed by atoms with E-state index < -0.39 is 0 Å². The molecule has 1 rings (SSSR count). The molecule has 0 saturated carbocycles. The fraction of sp³-hybridized carbons (Fsp3) is 0.400. The molecule has 0 saturated heterocycles. The van der Waals surface area contributed by atoms with Crippen LogP contribution in [0.1, 0.15) is 11.1 Å². The second-order valence-electron chi connectivity index (χ2n) is 3.04. The maximum Gasteiger partial charge on any atom is 0.229 e. The third-order valence-corrected chi connectivity index (χ3v) is 2.72. The van der Waals surface area contributed by atoms with E-state index in [4.69, 9.17) is 0 Å². The van der Waals surface area contributed by atoms with Crippen LogP contribution in [0, 0.1) is 6.92 Å². The molecule has 1 amide bonds. The molecule has 0 atom stereocenters. The summed E-state index contributed by atoms with van der Waals surface area (Å²) in [6, 6.07) is 2.09. The van der Waals surface area contributed by atoms with E-state index in [2.05, 4.69) is 16.4 Å². The SMILES string of the molecule is CNC(=O)CSCc1cncc(C)c1. The van der Waals surface area contributed by atoms with Crippen molar-refractivity contribution in [2.45, 2.75) is 12.7 Å². The van der Waals surface area contributed by atoms with Crippen LogP contribution in [-0.4, -0.2) is 23.7 Å². The van der Waals surface area contributed by atoms with E-state index in [0.717, 1.165) is 11.3 Å². The predicted octanol–water partition coefficient (Wildman–Crippen LogP) is 1.37. The number of hydrogen-bond donors (Lipinski definition) is 1. The number of carbonyl (C=O) groups is 1. The fourth-order valence-corrected chi connectivity index (χ4v) is 1.86. The molecule has 0 aliphatic rings. The van der Waals surface area contributed by atoms with E-state index in [1.54, 1.807) is 18.8 Å². The highest BCUT2D eigenvalue weighted by atomic mass is 32.2. The third-order valence-electron chi connectivity index (χ3n) is 1.71. The number of pyridine rings is 1. The molecule has 0 aliphatic carbocycles. The van der Waals surface area contributed by atoms with Crippen LogP contribution in [0.4, 0.5) is 0 Å². The van der Waals surface area contributed by atoms with Gasteiger partial charge in [-0.3, -0.25) is 9.78 Å². The first kappa shape index (κ1) is 11.0. The first-order valence-electron chi connectivity index (χ1n) is 4.41. The number of aromatic nitrogens is 1. The lowest BCUT2D eigenvalue weighted by molar-refractivity contribution is -0.118. The van der Waals surface area contributed by atoms with Gasteiger partial charge in [-0.1, -0.05) is 6.07 Å². The minimum atomic E-state index is 0.0654. The van der Waals surface area contributed by atoms with E-state index in [0.29, 0.717) is 5.75 Å². The Morgan fingerprint density at radius 3 is 3.00 bits per heavy atom. The maximum absolute atomic E-state index is 10.9. The van der Waals surface area contributed by atoms with Gasteiger partial charge in [0.25, 0.3) is 0 Å². The summed E-state index contributed by atoms with van der Waals surface area (Å²) in [5, 5.41) is 2.59. The molecule has 3 nitrogen and oxygen atoms in total. The van der Waals surface area contributed by atoms with Gasteiger partial charge in [0.05, 0.1) is 5.75 Å². The molecular formula is C10H14N2OS. The number of hydrogen-bond acceptors (Lipinski definition) is 3. The second kappa shape index (κ2) is 5.65. The van der Waals surface area contributed by atoms with Crippen molar-refractivity contribution >= 4 is 17.7 Å². The summed E-state index contributed by atoms with van der Waals surface area (Å²) < 4.78 is 0. The Morgan fingerprint density at radius 2 is 2.36 bits per heavy atom. The molecule has 0 unspecified atom stereocenters. The highest BCUT2D eigenvalue weighted by Gasteiger charge is 1.99. The van der Waals surface area contributed by atoms with Crippen molar-refractivity contribution in [2.24, 2.45) is 0 Å². The molecule has 0 fully saturated rings. The van der Waals surface area contributed by atoms with Gasteiger partial charge in [0.15, 0.2) is 0 Å². The minimum Gasteiger partial charge on any atom is -0.358 e. The topological polar surface area (TPSA) is 42.0 Å². The quantitative estimate of drug-likeness (QED) is 0.816. The number of aryl methyl sites for hydroxylation is 1. The number of amides is 1. The average Bonchev–Trinajstić information content (AvgIpc) is 2.17. The summed E-state index contributed by atoms with van der Waals surface area (Å²) >= 11 is 1.60. The monoisotopic (exact) mass is 210 g/mol. The molecule has 1 aromatic heterocycles. The van der Waals surface area contributed by atoms with Gasteiger partial charge in [-0.05, 0) is 18.1 Å². The van der Waals surface area contributed by atoms with Crippen molar-refractivity contribution in [3.05, 3.63) is 29.6 Å². The van der Waals surface area contributed by atoms with Crippen molar-refractivity contribution in [3.8, 4) is 0 Å². The molecule has 14 heavy (non-hydrogen) atoms. The third kappa shape index (κ3) is 3.79. The van der Waals surface area contributed by atoms with Crippen LogP contribution < -0.4 is 5.32 Å². The summed E-state index contributed by atoms with van der Waals surface area (Å²) in [6.45, 7) is 2.01. The van der Waals surface area contributed by atoms with E-state index >= 15 is 0 Å². The van der Waals surface area contributed by atoms with Crippen LogP contribution in [0.25, 0.3) is 0 Å². The molecule has 4 heteroatoms. The molecule has 1 aromatic rings. The lowest BCUT2D eigenvalue weighted by atomic mass is 10.2. The summed E-state index contributed by atoms with van der Waals surface area (Å²) in [6.07, 6.45) is 3.66. The fourth-order valence-electron chi connectivity index (χ4n) is 1.03. The van der Waals surface area contributed by atoms with E-state index in [-0.39, 0.29) is 5.91 Å². The van der Waals surface area contributed by atoms with Gasteiger partial charge in [-0.2, -0.15) is 0 Å². The maximum atomic E-state index is 10.9. The van der Waals surface area contributed by atoms with Crippen molar-refractivity contribution < 1.29 is 4.79 Å². The number of thioether (sulfide) groups is 1. The normalized spacial score (nSPS) is 9.86. The molecule has 1 N–H and O–H groups in total. The smallest absolute Gasteiger partial charge is 0.229 e. The highest BCUT2D eigenvalue weighted by Crippen LogP contribution is 2.11. The summed E-state index contributed by atoms with van der Waals surface area (Å²) in [5.41, 5.74) is 2.32. The molecule has 1 heterocycles. The molecule has 0 spiro atoms.